The number of allylic oxidation sites excluding steroid dienone is 3. The Morgan fingerprint density at radius 3 is 2.29 bits per heavy atom. The van der Waals surface area contributed by atoms with Crippen molar-refractivity contribution in [3.8, 4) is 0 Å². The van der Waals surface area contributed by atoms with E-state index >= 15 is 0 Å². The van der Waals surface area contributed by atoms with Crippen LogP contribution in [-0.4, -0.2) is 34.3 Å². The maximum atomic E-state index is 4.37. The lowest BCUT2D eigenvalue weighted by atomic mass is 10.0. The Bertz CT molecular complexity index is 1060. The zero-order valence-electron chi connectivity index (χ0n) is 20.1. The molecule has 0 aliphatic heterocycles. The summed E-state index contributed by atoms with van der Waals surface area (Å²) in [6, 6.07) is 6.28. The molecule has 2 heterocycles. The van der Waals surface area contributed by atoms with E-state index in [1.54, 1.807) is 13.2 Å². The number of aryl methyl sites for hydroxylation is 3. The van der Waals surface area contributed by atoms with Crippen LogP contribution in [0.15, 0.2) is 58.5 Å². The fourth-order valence-corrected chi connectivity index (χ4v) is 3.00. The number of fused-ring (bicyclic) bond motifs is 1. The Hall–Kier alpha value is -3.34. The number of aliphatic imine (C=N–C) groups is 2. The maximum absolute atomic E-state index is 4.37. The van der Waals surface area contributed by atoms with Gasteiger partial charge in [-0.05, 0) is 64.1 Å². The fourth-order valence-electron chi connectivity index (χ4n) is 3.00. The molecule has 0 spiro atoms. The van der Waals surface area contributed by atoms with Crippen LogP contribution in [0.2, 0.25) is 0 Å². The van der Waals surface area contributed by atoms with Gasteiger partial charge in [0.05, 0.1) is 17.6 Å². The molecular weight excluding hydrogens is 382 g/mol. The Morgan fingerprint density at radius 2 is 1.74 bits per heavy atom. The molecule has 0 aliphatic carbocycles. The van der Waals surface area contributed by atoms with E-state index in [1.807, 2.05) is 63.7 Å². The summed E-state index contributed by atoms with van der Waals surface area (Å²) in [5.74, 6) is 0. The molecule has 0 saturated heterocycles. The molecule has 0 aliphatic rings. The first kappa shape index (κ1) is 25.7. The summed E-state index contributed by atoms with van der Waals surface area (Å²) in [5, 5.41) is 0. The summed E-state index contributed by atoms with van der Waals surface area (Å²) in [6.07, 6.45) is 11.5. The monoisotopic (exact) mass is 417 g/mol. The molecule has 0 bridgehead atoms. The summed E-state index contributed by atoms with van der Waals surface area (Å²) in [4.78, 5) is 16.5. The molecule has 0 radical (unpaired) electrons. The summed E-state index contributed by atoms with van der Waals surface area (Å²) < 4.78 is 2.03. The second-order valence-electron chi connectivity index (χ2n) is 6.73. The third kappa shape index (κ3) is 6.85. The van der Waals surface area contributed by atoms with Crippen LogP contribution >= 0.6 is 0 Å². The SMILES string of the molecule is C/C=C(\C=NC)c1cnc2c(C)nccn12.C=N/C(C)=C\c1c(C)cccc1C.CC. The van der Waals surface area contributed by atoms with E-state index in [4.69, 9.17) is 0 Å². The van der Waals surface area contributed by atoms with Crippen molar-refractivity contribution in [2.24, 2.45) is 9.98 Å². The van der Waals surface area contributed by atoms with E-state index < -0.39 is 0 Å². The molecule has 3 rings (SSSR count). The number of benzene rings is 1. The lowest BCUT2D eigenvalue weighted by Gasteiger charge is -2.04. The number of rotatable bonds is 4. The van der Waals surface area contributed by atoms with Crippen LogP contribution in [-0.2, 0) is 0 Å². The number of hydrogen-bond donors (Lipinski definition) is 0. The van der Waals surface area contributed by atoms with Gasteiger partial charge in [-0.3, -0.25) is 19.4 Å². The number of nitrogens with zero attached hydrogens (tertiary/aromatic N) is 5. The molecule has 5 nitrogen and oxygen atoms in total. The van der Waals surface area contributed by atoms with Crippen LogP contribution in [0.5, 0.6) is 0 Å². The van der Waals surface area contributed by atoms with E-state index in [0.29, 0.717) is 0 Å². The Kier molecular flexibility index (Phi) is 10.8. The van der Waals surface area contributed by atoms with Gasteiger partial charge in [0, 0.05) is 36.9 Å². The molecule has 3 aromatic rings. The van der Waals surface area contributed by atoms with Gasteiger partial charge >= 0.3 is 0 Å². The van der Waals surface area contributed by atoms with E-state index in [1.165, 1.54) is 16.7 Å². The average molecular weight is 418 g/mol. The van der Waals surface area contributed by atoms with Crippen LogP contribution in [0.25, 0.3) is 17.3 Å². The predicted molar refractivity (Wildman–Crippen MR) is 136 cm³/mol. The lowest BCUT2D eigenvalue weighted by molar-refractivity contribution is 1.07. The Balaban J connectivity index is 0.000000293. The van der Waals surface area contributed by atoms with Crippen molar-refractivity contribution in [1.82, 2.24) is 14.4 Å². The van der Waals surface area contributed by atoms with E-state index in [-0.39, 0.29) is 0 Å². The first-order valence-corrected chi connectivity index (χ1v) is 10.5. The van der Waals surface area contributed by atoms with Crippen molar-refractivity contribution in [3.63, 3.8) is 0 Å². The molecule has 31 heavy (non-hydrogen) atoms. The van der Waals surface area contributed by atoms with Gasteiger partial charge in [-0.25, -0.2) is 4.98 Å². The van der Waals surface area contributed by atoms with E-state index in [9.17, 15) is 0 Å². The van der Waals surface area contributed by atoms with Gasteiger partial charge in [0.2, 0.25) is 0 Å². The third-order valence-corrected chi connectivity index (χ3v) is 4.62. The molecule has 0 N–H and O–H groups in total. The van der Waals surface area contributed by atoms with Gasteiger partial charge in [-0.15, -0.1) is 0 Å². The quantitative estimate of drug-likeness (QED) is 0.453. The van der Waals surface area contributed by atoms with Crippen LogP contribution in [0.4, 0.5) is 0 Å². The smallest absolute Gasteiger partial charge is 0.158 e. The highest BCUT2D eigenvalue weighted by molar-refractivity contribution is 6.09. The summed E-state index contributed by atoms with van der Waals surface area (Å²) in [6.45, 7) is 17.6. The molecular formula is C26H35N5. The number of hydrogen-bond acceptors (Lipinski definition) is 4. The van der Waals surface area contributed by atoms with Crippen LogP contribution in [0.1, 0.15) is 55.8 Å². The molecule has 0 amide bonds. The summed E-state index contributed by atoms with van der Waals surface area (Å²) in [5.41, 5.74) is 8.68. The van der Waals surface area contributed by atoms with Gasteiger partial charge in [0.25, 0.3) is 0 Å². The number of imidazole rings is 1. The topological polar surface area (TPSA) is 54.9 Å². The van der Waals surface area contributed by atoms with Crippen molar-refractivity contribution in [2.45, 2.75) is 48.5 Å². The van der Waals surface area contributed by atoms with Crippen LogP contribution < -0.4 is 0 Å². The van der Waals surface area contributed by atoms with Gasteiger partial charge in [-0.1, -0.05) is 38.1 Å². The van der Waals surface area contributed by atoms with Gasteiger partial charge in [-0.2, -0.15) is 0 Å². The van der Waals surface area contributed by atoms with Gasteiger partial charge in [0.15, 0.2) is 5.65 Å². The van der Waals surface area contributed by atoms with Gasteiger partial charge in [0.1, 0.15) is 0 Å². The summed E-state index contributed by atoms with van der Waals surface area (Å²) in [7, 11) is 1.76. The normalized spacial score (nSPS) is 11.6. The summed E-state index contributed by atoms with van der Waals surface area (Å²) >= 11 is 0. The molecule has 5 heteroatoms. The third-order valence-electron chi connectivity index (χ3n) is 4.62. The average Bonchev–Trinajstić information content (AvgIpc) is 3.22. The fraction of sp³-hybridized carbons (Fsp3) is 0.308. The molecule has 0 fully saturated rings. The molecule has 0 unspecified atom stereocenters. The largest absolute Gasteiger partial charge is 0.297 e. The minimum atomic E-state index is 0.890. The Morgan fingerprint density at radius 1 is 1.10 bits per heavy atom. The molecule has 164 valence electrons. The highest BCUT2D eigenvalue weighted by Gasteiger charge is 2.07. The number of aromatic nitrogens is 3. The predicted octanol–water partition coefficient (Wildman–Crippen LogP) is 6.53. The van der Waals surface area contributed by atoms with Crippen molar-refractivity contribution in [1.29, 1.82) is 0 Å². The molecule has 1 aromatic carbocycles. The Labute approximate surface area is 187 Å². The molecule has 0 atom stereocenters. The van der Waals surface area contributed by atoms with Crippen molar-refractivity contribution < 1.29 is 0 Å². The van der Waals surface area contributed by atoms with Crippen molar-refractivity contribution >= 4 is 30.2 Å². The van der Waals surface area contributed by atoms with E-state index in [0.717, 1.165) is 28.3 Å². The highest BCUT2D eigenvalue weighted by atomic mass is 15.0. The zero-order valence-corrected chi connectivity index (χ0v) is 20.1. The standard InChI is InChI=1S/C12H14N4.C12H15N.C2H6/c1-4-10(7-13-3)11-8-15-12-9(2)14-5-6-16(11)12;1-9-6-5-7-10(2)12(9)8-11(3)13-4;1-2/h4-8H,1-3H3;5-8H,4H2,1-3H3;1-2H3/b10-4+,13-7?;11-8-;. The first-order valence-electron chi connectivity index (χ1n) is 10.5. The van der Waals surface area contributed by atoms with E-state index in [2.05, 4.69) is 64.8 Å². The zero-order chi connectivity index (χ0) is 23.4. The second-order valence-corrected chi connectivity index (χ2v) is 6.73. The lowest BCUT2D eigenvalue weighted by Crippen LogP contribution is -1.95. The molecule has 0 saturated carbocycles. The first-order chi connectivity index (χ1) is 14.9. The maximum Gasteiger partial charge on any atom is 0.158 e. The van der Waals surface area contributed by atoms with Crippen LogP contribution in [0, 0.1) is 20.8 Å². The minimum Gasteiger partial charge on any atom is -0.297 e. The van der Waals surface area contributed by atoms with Gasteiger partial charge < -0.3 is 0 Å². The van der Waals surface area contributed by atoms with Crippen LogP contribution in [0.3, 0.4) is 0 Å². The van der Waals surface area contributed by atoms with Crippen molar-refractivity contribution in [2.75, 3.05) is 7.05 Å². The minimum absolute atomic E-state index is 0.890. The molecule has 2 aromatic heterocycles. The second kappa shape index (κ2) is 13.1. The van der Waals surface area contributed by atoms with Crippen molar-refractivity contribution in [3.05, 3.63) is 76.6 Å². The highest BCUT2D eigenvalue weighted by Crippen LogP contribution is 2.17.